The van der Waals surface area contributed by atoms with Gasteiger partial charge in [0.15, 0.2) is 0 Å². The van der Waals surface area contributed by atoms with Crippen LogP contribution < -0.4 is 10.6 Å². The van der Waals surface area contributed by atoms with Gasteiger partial charge in [-0.3, -0.25) is 10.1 Å². The smallest absolute Gasteiger partial charge is 0.301 e. The van der Waals surface area contributed by atoms with Crippen molar-refractivity contribution < 1.29 is 9.21 Å². The second kappa shape index (κ2) is 5.50. The van der Waals surface area contributed by atoms with Gasteiger partial charge in [-0.1, -0.05) is 0 Å². The van der Waals surface area contributed by atoms with E-state index in [0.717, 1.165) is 31.6 Å². The van der Waals surface area contributed by atoms with Gasteiger partial charge < -0.3 is 14.3 Å². The van der Waals surface area contributed by atoms with Gasteiger partial charge in [-0.15, -0.1) is 0 Å². The summed E-state index contributed by atoms with van der Waals surface area (Å²) in [6.45, 7) is 3.79. The first kappa shape index (κ1) is 12.9. The summed E-state index contributed by atoms with van der Waals surface area (Å²) in [5.41, 5.74) is 1.39. The molecule has 2 aromatic rings. The molecule has 0 saturated carbocycles. The predicted molar refractivity (Wildman–Crippen MR) is 74.8 cm³/mol. The van der Waals surface area contributed by atoms with Gasteiger partial charge >= 0.3 is 6.01 Å². The number of aromatic nitrogens is 2. The Balaban J connectivity index is 1.76. The van der Waals surface area contributed by atoms with E-state index in [4.69, 9.17) is 4.42 Å². The number of rotatable bonds is 3. The number of hydrogen-bond donors (Lipinski definition) is 2. The standard InChI is InChI=1S/C14H18N4O2/c1-10-9-20-14(16-10)17-13(19)12-3-2-8-18(12)11-4-6-15-7-5-11/h2-3,8-9,11,15H,4-7H2,1H3,(H,16,17,19). The lowest BCUT2D eigenvalue weighted by atomic mass is 10.1. The van der Waals surface area contributed by atoms with Crippen molar-refractivity contribution in [3.8, 4) is 0 Å². The normalized spacial score (nSPS) is 16.2. The molecule has 0 aromatic carbocycles. The molecule has 1 fully saturated rings. The molecule has 2 aromatic heterocycles. The Bertz CT molecular complexity index is 596. The topological polar surface area (TPSA) is 72.1 Å². The Labute approximate surface area is 117 Å². The van der Waals surface area contributed by atoms with Crippen molar-refractivity contribution >= 4 is 11.9 Å². The maximum atomic E-state index is 12.3. The van der Waals surface area contributed by atoms with Gasteiger partial charge in [0, 0.05) is 12.2 Å². The number of nitrogens with one attached hydrogen (secondary N) is 2. The molecule has 1 saturated heterocycles. The van der Waals surface area contributed by atoms with Crippen LogP contribution in [0.15, 0.2) is 29.0 Å². The molecule has 0 aliphatic carbocycles. The Hall–Kier alpha value is -2.08. The summed E-state index contributed by atoms with van der Waals surface area (Å²) < 4.78 is 7.20. The van der Waals surface area contributed by atoms with E-state index in [1.807, 2.05) is 29.8 Å². The lowest BCUT2D eigenvalue weighted by Gasteiger charge is -2.25. The average molecular weight is 274 g/mol. The van der Waals surface area contributed by atoms with E-state index in [1.54, 1.807) is 0 Å². The number of carbonyl (C=O) groups is 1. The summed E-state index contributed by atoms with van der Waals surface area (Å²) >= 11 is 0. The molecule has 2 N–H and O–H groups in total. The molecule has 0 radical (unpaired) electrons. The summed E-state index contributed by atoms with van der Waals surface area (Å²) in [4.78, 5) is 16.4. The van der Waals surface area contributed by atoms with E-state index >= 15 is 0 Å². The molecule has 6 nitrogen and oxygen atoms in total. The van der Waals surface area contributed by atoms with E-state index in [1.165, 1.54) is 6.26 Å². The Kier molecular flexibility index (Phi) is 3.56. The third-order valence-corrected chi connectivity index (χ3v) is 3.55. The van der Waals surface area contributed by atoms with Crippen molar-refractivity contribution in [3.05, 3.63) is 36.0 Å². The second-order valence-electron chi connectivity index (χ2n) is 5.03. The van der Waals surface area contributed by atoms with Crippen molar-refractivity contribution in [2.75, 3.05) is 18.4 Å². The molecule has 0 atom stereocenters. The van der Waals surface area contributed by atoms with Gasteiger partial charge in [-0.2, -0.15) is 4.98 Å². The van der Waals surface area contributed by atoms with Crippen molar-refractivity contribution in [2.45, 2.75) is 25.8 Å². The molecular formula is C14H18N4O2. The molecule has 20 heavy (non-hydrogen) atoms. The number of anilines is 1. The van der Waals surface area contributed by atoms with E-state index in [0.29, 0.717) is 11.7 Å². The van der Waals surface area contributed by atoms with Crippen LogP contribution in [0, 0.1) is 6.92 Å². The lowest BCUT2D eigenvalue weighted by Crippen LogP contribution is -2.31. The highest BCUT2D eigenvalue weighted by atomic mass is 16.4. The minimum atomic E-state index is -0.185. The number of piperidine rings is 1. The maximum absolute atomic E-state index is 12.3. The van der Waals surface area contributed by atoms with Crippen LogP contribution in [-0.2, 0) is 0 Å². The van der Waals surface area contributed by atoms with Gasteiger partial charge in [-0.05, 0) is 45.0 Å². The fraction of sp³-hybridized carbons (Fsp3) is 0.429. The maximum Gasteiger partial charge on any atom is 0.301 e. The summed E-state index contributed by atoms with van der Waals surface area (Å²) in [5.74, 6) is -0.185. The van der Waals surface area contributed by atoms with Crippen molar-refractivity contribution in [1.82, 2.24) is 14.9 Å². The summed E-state index contributed by atoms with van der Waals surface area (Å²) in [5, 5.41) is 6.02. The van der Waals surface area contributed by atoms with Gasteiger partial charge in [0.05, 0.1) is 5.69 Å². The molecule has 0 unspecified atom stereocenters. The number of hydrogen-bond acceptors (Lipinski definition) is 4. The van der Waals surface area contributed by atoms with Crippen molar-refractivity contribution in [3.63, 3.8) is 0 Å². The highest BCUT2D eigenvalue weighted by Gasteiger charge is 2.20. The Morgan fingerprint density at radius 1 is 1.50 bits per heavy atom. The van der Waals surface area contributed by atoms with E-state index in [2.05, 4.69) is 15.6 Å². The zero-order valence-electron chi connectivity index (χ0n) is 11.4. The molecular weight excluding hydrogens is 256 g/mol. The Morgan fingerprint density at radius 3 is 3.00 bits per heavy atom. The van der Waals surface area contributed by atoms with E-state index in [-0.39, 0.29) is 11.9 Å². The van der Waals surface area contributed by atoms with Gasteiger partial charge in [0.1, 0.15) is 12.0 Å². The Morgan fingerprint density at radius 2 is 2.30 bits per heavy atom. The van der Waals surface area contributed by atoms with Gasteiger partial charge in [0.25, 0.3) is 5.91 Å². The highest BCUT2D eigenvalue weighted by molar-refractivity contribution is 6.02. The molecule has 0 spiro atoms. The molecule has 0 bridgehead atoms. The number of amides is 1. The summed E-state index contributed by atoms with van der Waals surface area (Å²) in [6.07, 6.45) is 5.55. The van der Waals surface area contributed by atoms with Crippen LogP contribution in [-0.4, -0.2) is 28.5 Å². The molecule has 3 heterocycles. The zero-order chi connectivity index (χ0) is 13.9. The number of nitrogens with zero attached hydrogens (tertiary/aromatic N) is 2. The van der Waals surface area contributed by atoms with Crippen LogP contribution >= 0.6 is 0 Å². The predicted octanol–water partition coefficient (Wildman–Crippen LogP) is 1.96. The first-order valence-corrected chi connectivity index (χ1v) is 6.85. The first-order valence-electron chi connectivity index (χ1n) is 6.85. The highest BCUT2D eigenvalue weighted by Crippen LogP contribution is 2.21. The van der Waals surface area contributed by atoms with Crippen LogP contribution in [0.1, 0.15) is 35.1 Å². The second-order valence-corrected chi connectivity index (χ2v) is 5.03. The fourth-order valence-corrected chi connectivity index (χ4v) is 2.56. The largest absolute Gasteiger partial charge is 0.432 e. The van der Waals surface area contributed by atoms with Crippen LogP contribution in [0.4, 0.5) is 6.01 Å². The molecule has 106 valence electrons. The molecule has 1 amide bonds. The number of oxazole rings is 1. The number of aryl methyl sites for hydroxylation is 1. The first-order chi connectivity index (χ1) is 9.74. The quantitative estimate of drug-likeness (QED) is 0.897. The number of carbonyl (C=O) groups excluding carboxylic acids is 1. The van der Waals surface area contributed by atoms with Gasteiger partial charge in [0.2, 0.25) is 0 Å². The minimum absolute atomic E-state index is 0.185. The molecule has 1 aliphatic heterocycles. The SMILES string of the molecule is Cc1coc(NC(=O)c2cccn2C2CCNCC2)n1. The van der Waals surface area contributed by atoms with Crippen LogP contribution in [0.3, 0.4) is 0 Å². The fourth-order valence-electron chi connectivity index (χ4n) is 2.56. The molecule has 1 aliphatic rings. The third-order valence-electron chi connectivity index (χ3n) is 3.55. The lowest BCUT2D eigenvalue weighted by molar-refractivity contribution is 0.101. The van der Waals surface area contributed by atoms with E-state index < -0.39 is 0 Å². The zero-order valence-corrected chi connectivity index (χ0v) is 11.4. The third kappa shape index (κ3) is 2.60. The van der Waals surface area contributed by atoms with Gasteiger partial charge in [-0.25, -0.2) is 0 Å². The molecule has 3 rings (SSSR count). The van der Waals surface area contributed by atoms with E-state index in [9.17, 15) is 4.79 Å². The molecule has 6 heteroatoms. The summed E-state index contributed by atoms with van der Waals surface area (Å²) in [7, 11) is 0. The summed E-state index contributed by atoms with van der Waals surface area (Å²) in [6, 6.07) is 4.34. The monoisotopic (exact) mass is 274 g/mol. The minimum Gasteiger partial charge on any atom is -0.432 e. The van der Waals surface area contributed by atoms with Crippen LogP contribution in [0.2, 0.25) is 0 Å². The van der Waals surface area contributed by atoms with Crippen LogP contribution in [0.25, 0.3) is 0 Å². The van der Waals surface area contributed by atoms with Crippen molar-refractivity contribution in [2.24, 2.45) is 0 Å². The van der Waals surface area contributed by atoms with Crippen molar-refractivity contribution in [1.29, 1.82) is 0 Å². The van der Waals surface area contributed by atoms with Crippen LogP contribution in [0.5, 0.6) is 0 Å². The average Bonchev–Trinajstić information content (AvgIpc) is 3.09.